The van der Waals surface area contributed by atoms with Gasteiger partial charge in [0.2, 0.25) is -0.565 Å². The largest absolute Gasteiger partial charge is 0.463 e. The lowest BCUT2D eigenvalue weighted by molar-refractivity contribution is -0.896. The highest BCUT2D eigenvalue weighted by molar-refractivity contribution is 14.3. The maximum atomic E-state index is 11.5. The number of rotatable bonds is 5. The smallest absolute Gasteiger partial charge is 0.342 e. The highest BCUT2D eigenvalue weighted by Crippen LogP contribution is 2.36. The quantitative estimate of drug-likeness (QED) is 0.208. The summed E-state index contributed by atoms with van der Waals surface area (Å²) in [5.41, 5.74) is 0. The highest BCUT2D eigenvalue weighted by atomic mass is 127. The Balaban J connectivity index is 2.15. The van der Waals surface area contributed by atoms with Gasteiger partial charge in [-0.05, 0) is 67.8 Å². The molecule has 0 aromatic rings. The van der Waals surface area contributed by atoms with Gasteiger partial charge in [0.1, 0.15) is 0 Å². The molecule has 0 aromatic carbocycles. The molecule has 18 heavy (non-hydrogen) atoms. The molecule has 106 valence electrons. The summed E-state index contributed by atoms with van der Waals surface area (Å²) in [7, 11) is -2.79. The third kappa shape index (κ3) is 6.83. The van der Waals surface area contributed by atoms with Crippen molar-refractivity contribution in [1.29, 1.82) is 0 Å². The average Bonchev–Trinajstić information content (AvgIpc) is 2.24. The van der Waals surface area contributed by atoms with Crippen LogP contribution in [-0.4, -0.2) is 51.6 Å². The number of alkyl halides is 3. The topological polar surface area (TPSA) is 64.9 Å². The number of ether oxygens (including phenoxy) is 1. The van der Waals surface area contributed by atoms with Gasteiger partial charge in [-0.2, -0.15) is 0 Å². The number of hydrogen-bond acceptors (Lipinski definition) is 4. The Morgan fingerprint density at radius 3 is 2.28 bits per heavy atom. The molecule has 1 saturated heterocycles. The first-order valence-corrected chi connectivity index (χ1v) is 10.5. The molecule has 9 heteroatoms. The molecule has 1 aliphatic heterocycles. The second kappa shape index (κ2) is 7.54. The molecule has 5 nitrogen and oxygen atoms in total. The van der Waals surface area contributed by atoms with Crippen LogP contribution in [-0.2, 0) is 19.4 Å². The van der Waals surface area contributed by atoms with Crippen LogP contribution < -0.4 is 4.90 Å². The van der Waals surface area contributed by atoms with Crippen molar-refractivity contribution < 1.29 is 22.8 Å². The third-order valence-corrected chi connectivity index (χ3v) is 5.65. The van der Waals surface area contributed by atoms with Crippen LogP contribution in [0.2, 0.25) is 0 Å². The Kier molecular flexibility index (Phi) is 7.38. The van der Waals surface area contributed by atoms with Crippen molar-refractivity contribution in [3.05, 3.63) is 0 Å². The minimum atomic E-state index is -2.79. The van der Waals surface area contributed by atoms with Crippen molar-refractivity contribution in [3.8, 4) is 0 Å². The summed E-state index contributed by atoms with van der Waals surface area (Å²) >= 11 is 6.08. The third-order valence-electron chi connectivity index (χ3n) is 2.67. The van der Waals surface area contributed by atoms with Crippen molar-refractivity contribution in [2.24, 2.45) is 0 Å². The van der Waals surface area contributed by atoms with E-state index < -0.39 is 9.27 Å². The van der Waals surface area contributed by atoms with E-state index in [1.54, 1.807) is 0 Å². The molecule has 0 bridgehead atoms. The normalized spacial score (nSPS) is 20.6. The summed E-state index contributed by atoms with van der Waals surface area (Å²) in [5.74, 6) is 0.335. The second-order valence-corrected chi connectivity index (χ2v) is 17.5. The minimum Gasteiger partial charge on any atom is -0.463 e. The average molecular weight is 614 g/mol. The second-order valence-electron chi connectivity index (χ2n) is 4.14. The van der Waals surface area contributed by atoms with Crippen molar-refractivity contribution in [1.82, 2.24) is 0 Å². The number of sulfone groups is 1. The summed E-state index contributed by atoms with van der Waals surface area (Å²) in [6, 6.07) is 0. The number of halogens is 3. The molecule has 0 aliphatic carbocycles. The zero-order valence-corrected chi connectivity index (χ0v) is 16.9. The molecular weight excluding hydrogens is 599 g/mol. The van der Waals surface area contributed by atoms with Crippen LogP contribution in [0.3, 0.4) is 0 Å². The first-order valence-electron chi connectivity index (χ1n) is 5.49. The molecular formula is C9H15I3NO4S+. The van der Waals surface area contributed by atoms with Crippen LogP contribution in [0.1, 0.15) is 6.42 Å². The first kappa shape index (κ1) is 17.6. The van der Waals surface area contributed by atoms with E-state index in [4.69, 9.17) is 4.74 Å². The summed E-state index contributed by atoms with van der Waals surface area (Å²) in [6.07, 6.45) is 0.779. The van der Waals surface area contributed by atoms with E-state index in [1.807, 2.05) is 67.8 Å². The van der Waals surface area contributed by atoms with Crippen LogP contribution >= 0.6 is 67.8 Å². The van der Waals surface area contributed by atoms with E-state index in [0.717, 1.165) is 13.0 Å². The van der Waals surface area contributed by atoms with Gasteiger partial charge in [0.25, 0.3) is 0 Å². The summed E-state index contributed by atoms with van der Waals surface area (Å²) in [6.45, 7) is 2.61. The van der Waals surface area contributed by atoms with Crippen molar-refractivity contribution in [2.45, 2.75) is 5.86 Å². The number of carbonyl (C=O) groups excluding carboxylic acids is 1. The fourth-order valence-electron chi connectivity index (χ4n) is 1.65. The Bertz CT molecular complexity index is 379. The summed E-state index contributed by atoms with van der Waals surface area (Å²) in [4.78, 5) is 12.8. The van der Waals surface area contributed by atoms with Gasteiger partial charge in [0.15, 0.2) is 9.84 Å². The molecule has 1 aliphatic rings. The maximum Gasteiger partial charge on any atom is 0.342 e. The monoisotopic (exact) mass is 614 g/mol. The zero-order chi connectivity index (χ0) is 13.8. The summed E-state index contributed by atoms with van der Waals surface area (Å²) in [5, 5.41) is 0. The molecule has 0 unspecified atom stereocenters. The number of carbonyl (C=O) groups is 1. The SMILES string of the molecule is O=C(OCCC[NH+]1CCS(=O)(=O)CC1)C(I)(I)I. The van der Waals surface area contributed by atoms with E-state index in [1.165, 1.54) is 4.90 Å². The predicted octanol–water partition coefficient (Wildman–Crippen LogP) is 0.192. The first-order chi connectivity index (χ1) is 8.21. The minimum absolute atomic E-state index is 0.222. The lowest BCUT2D eigenvalue weighted by atomic mass is 10.4. The van der Waals surface area contributed by atoms with E-state index in [2.05, 4.69) is 0 Å². The lowest BCUT2D eigenvalue weighted by Crippen LogP contribution is -3.14. The van der Waals surface area contributed by atoms with E-state index in [9.17, 15) is 13.2 Å². The molecule has 1 rings (SSSR count). The molecule has 1 N–H and O–H groups in total. The Labute approximate surface area is 148 Å². The van der Waals surface area contributed by atoms with Gasteiger partial charge < -0.3 is 9.64 Å². The van der Waals surface area contributed by atoms with E-state index in [-0.39, 0.29) is 17.5 Å². The lowest BCUT2D eigenvalue weighted by Gasteiger charge is -2.23. The Morgan fingerprint density at radius 2 is 1.78 bits per heavy atom. The molecule has 0 atom stereocenters. The van der Waals surface area contributed by atoms with Gasteiger partial charge in [-0.3, -0.25) is 0 Å². The van der Waals surface area contributed by atoms with Crippen LogP contribution in [0.25, 0.3) is 0 Å². The maximum absolute atomic E-state index is 11.5. The van der Waals surface area contributed by atoms with Crippen LogP contribution in [0, 0.1) is 0 Å². The number of esters is 1. The predicted molar refractivity (Wildman–Crippen MR) is 94.6 cm³/mol. The van der Waals surface area contributed by atoms with E-state index in [0.29, 0.717) is 19.7 Å². The Morgan fingerprint density at radius 1 is 1.22 bits per heavy atom. The van der Waals surface area contributed by atoms with Gasteiger partial charge >= 0.3 is 5.97 Å². The molecule has 0 saturated carbocycles. The van der Waals surface area contributed by atoms with Crippen molar-refractivity contribution in [3.63, 3.8) is 0 Å². The number of quaternary nitrogens is 1. The van der Waals surface area contributed by atoms with Gasteiger partial charge in [0, 0.05) is 6.42 Å². The van der Waals surface area contributed by atoms with Crippen molar-refractivity contribution >= 4 is 83.6 Å². The molecule has 1 fully saturated rings. The summed E-state index contributed by atoms with van der Waals surface area (Å²) < 4.78 is 27.1. The Hall–Kier alpha value is 1.57. The van der Waals surface area contributed by atoms with Gasteiger partial charge in [0.05, 0.1) is 37.7 Å². The molecule has 0 radical (unpaired) electrons. The van der Waals surface area contributed by atoms with E-state index >= 15 is 0 Å². The molecule has 0 spiro atoms. The zero-order valence-electron chi connectivity index (χ0n) is 9.62. The van der Waals surface area contributed by atoms with Gasteiger partial charge in [-0.1, -0.05) is 0 Å². The van der Waals surface area contributed by atoms with Crippen LogP contribution in [0.15, 0.2) is 0 Å². The molecule has 0 aromatic heterocycles. The number of hydrogen-bond donors (Lipinski definition) is 1. The molecule has 0 amide bonds. The van der Waals surface area contributed by atoms with Gasteiger partial charge in [-0.25, -0.2) is 13.2 Å². The van der Waals surface area contributed by atoms with Crippen molar-refractivity contribution in [2.75, 3.05) is 37.7 Å². The number of nitrogens with one attached hydrogen (secondary N) is 1. The highest BCUT2D eigenvalue weighted by Gasteiger charge is 2.30. The molecule has 1 heterocycles. The van der Waals surface area contributed by atoms with Crippen LogP contribution in [0.5, 0.6) is 0 Å². The fraction of sp³-hybridized carbons (Fsp3) is 0.889. The standard InChI is InChI=1S/C9H14I3NO4S/c10-9(11,12)8(14)17-5-1-2-13-3-6-18(15,16)7-4-13/h1-7H2/p+1. The van der Waals surface area contributed by atoms with Gasteiger partial charge in [-0.15, -0.1) is 0 Å². The van der Waals surface area contributed by atoms with Crippen LogP contribution in [0.4, 0.5) is 0 Å². The fourth-order valence-corrected chi connectivity index (χ4v) is 3.52.